The number of H-pyrrole nitrogens is 1. The molecule has 3 atom stereocenters. The fourth-order valence-corrected chi connectivity index (χ4v) is 4.85. The summed E-state index contributed by atoms with van der Waals surface area (Å²) < 4.78 is 6.23. The van der Waals surface area contributed by atoms with Gasteiger partial charge < -0.3 is 15.2 Å². The third kappa shape index (κ3) is 2.98. The van der Waals surface area contributed by atoms with Crippen molar-refractivity contribution in [3.05, 3.63) is 30.6 Å². The summed E-state index contributed by atoms with van der Waals surface area (Å²) in [5, 5.41) is 30.4. The highest BCUT2D eigenvalue weighted by molar-refractivity contribution is 7.16. The van der Waals surface area contributed by atoms with Crippen LogP contribution < -0.4 is 10.1 Å². The lowest BCUT2D eigenvalue weighted by Crippen LogP contribution is -2.59. The number of aromatic hydroxyl groups is 1. The smallest absolute Gasteiger partial charge is 0.294 e. The van der Waals surface area contributed by atoms with Gasteiger partial charge in [0.2, 0.25) is 0 Å². The van der Waals surface area contributed by atoms with Crippen LogP contribution in [-0.2, 0) is 0 Å². The molecule has 0 amide bonds. The zero-order valence-electron chi connectivity index (χ0n) is 15.0. The maximum atomic E-state index is 10.5. The maximum absolute atomic E-state index is 10.5. The second kappa shape index (κ2) is 6.31. The summed E-state index contributed by atoms with van der Waals surface area (Å²) in [6, 6.07) is 6.06. The van der Waals surface area contributed by atoms with Crippen LogP contribution in [0, 0.1) is 5.41 Å². The van der Waals surface area contributed by atoms with Gasteiger partial charge in [0.05, 0.1) is 11.8 Å². The largest absolute Gasteiger partial charge is 0.507 e. The predicted octanol–water partition coefficient (Wildman–Crippen LogP) is 3.21. The zero-order chi connectivity index (χ0) is 18.4. The number of phenolic OH excluding ortho intramolecular Hbond substituents is 1. The van der Waals surface area contributed by atoms with Gasteiger partial charge in [-0.2, -0.15) is 5.10 Å². The summed E-state index contributed by atoms with van der Waals surface area (Å²) >= 11 is 1.38. The number of nitrogens with zero attached hydrogens (tertiary/aromatic N) is 3. The molecule has 2 aliphatic heterocycles. The van der Waals surface area contributed by atoms with E-state index >= 15 is 0 Å². The van der Waals surface area contributed by atoms with E-state index in [0.29, 0.717) is 21.8 Å². The third-order valence-corrected chi connectivity index (χ3v) is 6.69. The lowest BCUT2D eigenvalue weighted by molar-refractivity contribution is -0.0272. The molecule has 0 spiro atoms. The number of benzene rings is 1. The number of fused-ring (bicyclic) bond motifs is 3. The van der Waals surface area contributed by atoms with Gasteiger partial charge in [0, 0.05) is 36.2 Å². The number of aromatic nitrogens is 4. The van der Waals surface area contributed by atoms with E-state index in [1.54, 1.807) is 18.5 Å². The van der Waals surface area contributed by atoms with Crippen LogP contribution in [0.2, 0.25) is 0 Å². The Hall–Kier alpha value is -2.45. The van der Waals surface area contributed by atoms with Gasteiger partial charge in [-0.05, 0) is 30.5 Å². The van der Waals surface area contributed by atoms with Crippen molar-refractivity contribution in [1.29, 1.82) is 0 Å². The average Bonchev–Trinajstić information content (AvgIpc) is 3.35. The second-order valence-electron chi connectivity index (χ2n) is 7.70. The molecule has 1 aliphatic carbocycles. The third-order valence-electron chi connectivity index (χ3n) is 5.84. The fraction of sp³-hybridized carbons (Fsp3) is 0.421. The second-order valence-corrected chi connectivity index (χ2v) is 8.64. The number of hydrogen-bond donors (Lipinski definition) is 3. The first-order valence-corrected chi connectivity index (χ1v) is 9.98. The van der Waals surface area contributed by atoms with Crippen molar-refractivity contribution in [2.45, 2.75) is 38.3 Å². The molecule has 1 unspecified atom stereocenters. The van der Waals surface area contributed by atoms with Crippen molar-refractivity contribution < 1.29 is 9.84 Å². The molecule has 6 rings (SSSR count). The molecule has 3 fully saturated rings. The summed E-state index contributed by atoms with van der Waals surface area (Å²) in [5.74, 6) is 0.171. The Morgan fingerprint density at radius 2 is 2.22 bits per heavy atom. The Labute approximate surface area is 160 Å². The Balaban J connectivity index is 1.36. The Kier molecular flexibility index (Phi) is 3.91. The first kappa shape index (κ1) is 16.7. The summed E-state index contributed by atoms with van der Waals surface area (Å²) in [7, 11) is 0. The number of ether oxygens (including phenoxy) is 1. The van der Waals surface area contributed by atoms with Crippen LogP contribution in [0.4, 0.5) is 0 Å². The normalized spacial score (nSPS) is 27.0. The maximum Gasteiger partial charge on any atom is 0.294 e. The zero-order valence-corrected chi connectivity index (χ0v) is 15.8. The van der Waals surface area contributed by atoms with Crippen LogP contribution in [-0.4, -0.2) is 44.2 Å². The van der Waals surface area contributed by atoms with Crippen molar-refractivity contribution in [2.75, 3.05) is 6.54 Å². The van der Waals surface area contributed by atoms with Crippen LogP contribution in [0.3, 0.4) is 0 Å². The van der Waals surface area contributed by atoms with Crippen molar-refractivity contribution >= 4 is 11.3 Å². The summed E-state index contributed by atoms with van der Waals surface area (Å²) in [6.07, 6.45) is 7.08. The molecule has 1 saturated carbocycles. The van der Waals surface area contributed by atoms with E-state index in [4.69, 9.17) is 4.74 Å². The van der Waals surface area contributed by atoms with E-state index < -0.39 is 0 Å². The Bertz CT molecular complexity index is 947. The van der Waals surface area contributed by atoms with Gasteiger partial charge in [-0.25, -0.2) is 0 Å². The molecule has 4 heterocycles. The minimum atomic E-state index is 0.148. The van der Waals surface area contributed by atoms with Crippen molar-refractivity contribution in [1.82, 2.24) is 25.7 Å². The minimum Gasteiger partial charge on any atom is -0.507 e. The number of phenols is 1. The summed E-state index contributed by atoms with van der Waals surface area (Å²) in [6.45, 7) is 3.27. The van der Waals surface area contributed by atoms with E-state index in [0.717, 1.165) is 24.1 Å². The summed E-state index contributed by atoms with van der Waals surface area (Å²) in [4.78, 5) is 0. The van der Waals surface area contributed by atoms with Gasteiger partial charge in [-0.1, -0.05) is 29.4 Å². The van der Waals surface area contributed by atoms with Gasteiger partial charge in [0.25, 0.3) is 5.19 Å². The van der Waals surface area contributed by atoms with Gasteiger partial charge in [0.1, 0.15) is 11.9 Å². The monoisotopic (exact) mass is 383 g/mol. The lowest BCUT2D eigenvalue weighted by atomic mass is 9.68. The van der Waals surface area contributed by atoms with Gasteiger partial charge in [0.15, 0.2) is 5.01 Å². The van der Waals surface area contributed by atoms with E-state index in [2.05, 4.69) is 32.6 Å². The Morgan fingerprint density at radius 1 is 1.30 bits per heavy atom. The first-order chi connectivity index (χ1) is 13.1. The molecule has 8 heteroatoms. The van der Waals surface area contributed by atoms with Gasteiger partial charge in [-0.3, -0.25) is 5.10 Å². The number of nitrogens with one attached hydrogen (secondary N) is 2. The predicted molar refractivity (Wildman–Crippen MR) is 103 cm³/mol. The lowest BCUT2D eigenvalue weighted by Gasteiger charge is -2.49. The minimum absolute atomic E-state index is 0.148. The number of hydrogen-bond acceptors (Lipinski definition) is 7. The SMILES string of the molecule is C[C@]12CCC(C[C@@H]1Oc1nnc(-c3ccc(-c4cn[nH]c4)cc3O)s1)NC2. The molecule has 1 aromatic carbocycles. The molecule has 2 aromatic heterocycles. The highest BCUT2D eigenvalue weighted by atomic mass is 32.1. The quantitative estimate of drug-likeness (QED) is 0.640. The van der Waals surface area contributed by atoms with Crippen molar-refractivity contribution in [3.63, 3.8) is 0 Å². The number of piperidine rings is 2. The fourth-order valence-electron chi connectivity index (χ4n) is 4.07. The molecular weight excluding hydrogens is 362 g/mol. The van der Waals surface area contributed by atoms with Crippen LogP contribution in [0.1, 0.15) is 26.2 Å². The molecule has 7 nitrogen and oxygen atoms in total. The van der Waals surface area contributed by atoms with E-state index in [-0.39, 0.29) is 17.3 Å². The molecule has 3 aliphatic rings. The molecule has 3 aromatic rings. The highest BCUT2D eigenvalue weighted by Crippen LogP contribution is 2.43. The molecular formula is C19H21N5O2S. The van der Waals surface area contributed by atoms with E-state index in [1.807, 2.05) is 12.1 Å². The van der Waals surface area contributed by atoms with Crippen molar-refractivity contribution in [3.8, 4) is 32.6 Å². The molecule has 0 radical (unpaired) electrons. The standard InChI is InChI=1S/C19H21N5O2S/c1-19-5-4-13(20-10-19)7-16(19)26-18-24-23-17(27-18)14-3-2-11(6-15(14)25)12-8-21-22-9-12/h2-3,6,8-9,13,16,20,25H,4-5,7,10H2,1H3,(H,21,22)/t13?,16-,19+/m0/s1. The summed E-state index contributed by atoms with van der Waals surface area (Å²) in [5.41, 5.74) is 2.62. The van der Waals surface area contributed by atoms with Gasteiger partial charge in [-0.15, -0.1) is 5.10 Å². The first-order valence-electron chi connectivity index (χ1n) is 9.17. The molecule has 3 N–H and O–H groups in total. The van der Waals surface area contributed by atoms with E-state index in [1.165, 1.54) is 24.2 Å². The topological polar surface area (TPSA) is 96.0 Å². The highest BCUT2D eigenvalue weighted by Gasteiger charge is 2.46. The van der Waals surface area contributed by atoms with Crippen LogP contribution in [0.15, 0.2) is 30.6 Å². The van der Waals surface area contributed by atoms with Crippen molar-refractivity contribution in [2.24, 2.45) is 5.41 Å². The Morgan fingerprint density at radius 3 is 2.93 bits per heavy atom. The number of aromatic amines is 1. The van der Waals surface area contributed by atoms with Crippen LogP contribution in [0.25, 0.3) is 21.7 Å². The van der Waals surface area contributed by atoms with Crippen LogP contribution >= 0.6 is 11.3 Å². The average molecular weight is 383 g/mol. The molecule has 27 heavy (non-hydrogen) atoms. The van der Waals surface area contributed by atoms with Crippen LogP contribution in [0.5, 0.6) is 10.9 Å². The van der Waals surface area contributed by atoms with E-state index in [9.17, 15) is 5.11 Å². The molecule has 2 saturated heterocycles. The molecule has 2 bridgehead atoms. The van der Waals surface area contributed by atoms with Gasteiger partial charge >= 0.3 is 0 Å². The molecule has 140 valence electrons. The number of rotatable bonds is 4.